The van der Waals surface area contributed by atoms with Crippen LogP contribution in [0.25, 0.3) is 0 Å². The number of hydrogen-bond donors (Lipinski definition) is 1. The first kappa shape index (κ1) is 20.4. The lowest BCUT2D eigenvalue weighted by atomic mass is 9.68. The number of aryl methyl sites for hydroxylation is 1. The van der Waals surface area contributed by atoms with E-state index in [4.69, 9.17) is 15.2 Å². The monoisotopic (exact) mass is 435 g/mol. The summed E-state index contributed by atoms with van der Waals surface area (Å²) in [6, 6.07) is 9.00. The second kappa shape index (κ2) is 6.98. The van der Waals surface area contributed by atoms with E-state index in [0.29, 0.717) is 17.8 Å². The Morgan fingerprint density at radius 2 is 1.97 bits per heavy atom. The van der Waals surface area contributed by atoms with Gasteiger partial charge in [-0.1, -0.05) is 18.2 Å². The number of para-hydroxylation sites is 1. The molecular formula is C24H25N3O5. The molecule has 1 spiro atoms. The molecule has 1 unspecified atom stereocenters. The van der Waals surface area contributed by atoms with E-state index in [1.807, 2.05) is 26.0 Å². The van der Waals surface area contributed by atoms with Crippen LogP contribution in [0.4, 0.5) is 5.69 Å². The lowest BCUT2D eigenvalue weighted by molar-refractivity contribution is -0.140. The van der Waals surface area contributed by atoms with Crippen molar-refractivity contribution in [1.82, 2.24) is 4.57 Å². The number of anilines is 1. The van der Waals surface area contributed by atoms with Crippen LogP contribution in [0.15, 0.2) is 46.6 Å². The van der Waals surface area contributed by atoms with Crippen molar-refractivity contribution in [2.24, 2.45) is 5.73 Å². The number of benzene rings is 1. The molecule has 0 radical (unpaired) electrons. The first-order valence-electron chi connectivity index (χ1n) is 10.9. The minimum atomic E-state index is -1.72. The molecule has 3 heterocycles. The highest BCUT2D eigenvalue weighted by atomic mass is 16.5. The van der Waals surface area contributed by atoms with Crippen LogP contribution >= 0.6 is 0 Å². The number of fused-ring (bicyclic) bond motifs is 4. The molecule has 8 nitrogen and oxygen atoms in total. The number of rotatable bonds is 4. The van der Waals surface area contributed by atoms with Crippen LogP contribution in [0.3, 0.4) is 0 Å². The molecule has 8 heteroatoms. The first-order chi connectivity index (χ1) is 15.4. The maximum Gasteiger partial charge on any atom is 0.341 e. The quantitative estimate of drug-likeness (QED) is 0.739. The molecule has 2 N–H and O–H groups in total. The Kier molecular flexibility index (Phi) is 4.44. The molecule has 166 valence electrons. The Hall–Kier alpha value is -3.55. The predicted molar refractivity (Wildman–Crippen MR) is 117 cm³/mol. The maximum atomic E-state index is 14.2. The number of nitrogens with zero attached hydrogens (tertiary/aromatic N) is 2. The molecule has 0 bridgehead atoms. The number of nitrogens with two attached hydrogens (primary N) is 1. The molecule has 1 aliphatic carbocycles. The Bertz CT molecular complexity index is 1260. The van der Waals surface area contributed by atoms with Crippen molar-refractivity contribution in [3.8, 4) is 5.75 Å². The van der Waals surface area contributed by atoms with Gasteiger partial charge in [0, 0.05) is 35.6 Å². The minimum Gasteiger partial charge on any atom is -0.462 e. The van der Waals surface area contributed by atoms with Gasteiger partial charge in [-0.3, -0.25) is 9.59 Å². The van der Waals surface area contributed by atoms with Crippen LogP contribution in [0, 0.1) is 6.92 Å². The Balaban J connectivity index is 1.94. The largest absolute Gasteiger partial charge is 0.462 e. The molecule has 32 heavy (non-hydrogen) atoms. The zero-order valence-electron chi connectivity index (χ0n) is 18.3. The van der Waals surface area contributed by atoms with Crippen LogP contribution in [-0.2, 0) is 19.7 Å². The molecule has 1 saturated carbocycles. The summed E-state index contributed by atoms with van der Waals surface area (Å²) in [5.41, 5.74) is 6.10. The van der Waals surface area contributed by atoms with Crippen LogP contribution in [0.2, 0.25) is 0 Å². The average molecular weight is 435 g/mol. The van der Waals surface area contributed by atoms with Crippen molar-refractivity contribution in [3.05, 3.63) is 69.0 Å². The Morgan fingerprint density at radius 1 is 1.25 bits per heavy atom. The van der Waals surface area contributed by atoms with E-state index < -0.39 is 17.3 Å². The lowest BCUT2D eigenvalue weighted by Crippen LogP contribution is -2.52. The summed E-state index contributed by atoms with van der Waals surface area (Å²) in [4.78, 5) is 42.9. The molecule has 1 atom stereocenters. The highest BCUT2D eigenvalue weighted by molar-refractivity contribution is 6.18. The maximum absolute atomic E-state index is 14.2. The number of esters is 1. The third-order valence-corrected chi connectivity index (χ3v) is 6.49. The van der Waals surface area contributed by atoms with Crippen LogP contribution in [-0.4, -0.2) is 29.6 Å². The number of carbonyl (C=O) groups is 2. The molecule has 1 aromatic carbocycles. The summed E-state index contributed by atoms with van der Waals surface area (Å²) in [5, 5.41) is 0. The highest BCUT2D eigenvalue weighted by Crippen LogP contribution is 2.54. The van der Waals surface area contributed by atoms with Gasteiger partial charge in [-0.2, -0.15) is 0 Å². The van der Waals surface area contributed by atoms with Gasteiger partial charge in [0.1, 0.15) is 16.7 Å². The van der Waals surface area contributed by atoms with Crippen molar-refractivity contribution in [2.75, 3.05) is 18.1 Å². The minimum absolute atomic E-state index is 0.0770. The molecule has 1 amide bonds. The number of likely N-dealkylation sites (N-methyl/N-ethyl adjacent to an activating group) is 1. The first-order valence-corrected chi connectivity index (χ1v) is 10.9. The fourth-order valence-electron chi connectivity index (χ4n) is 5.12. The molecule has 5 rings (SSSR count). The average Bonchev–Trinajstić information content (AvgIpc) is 3.55. The third kappa shape index (κ3) is 2.46. The number of pyridine rings is 1. The summed E-state index contributed by atoms with van der Waals surface area (Å²) >= 11 is 0. The SMILES string of the molecule is CCOC(=O)C1=C(N)Oc2cc(C)n(C3CC3)c(=O)c2C12C(=O)N(CC)c1ccccc12. The van der Waals surface area contributed by atoms with E-state index in [1.165, 1.54) is 0 Å². The second-order valence-electron chi connectivity index (χ2n) is 8.31. The number of aromatic nitrogens is 1. The van der Waals surface area contributed by atoms with E-state index in [-0.39, 0.29) is 41.0 Å². The van der Waals surface area contributed by atoms with Gasteiger partial charge in [0.2, 0.25) is 11.8 Å². The number of ether oxygens (including phenoxy) is 2. The summed E-state index contributed by atoms with van der Waals surface area (Å²) in [5.74, 6) is -1.19. The molecule has 2 aromatic rings. The van der Waals surface area contributed by atoms with Crippen molar-refractivity contribution in [2.45, 2.75) is 45.1 Å². The Labute approximate surface area is 185 Å². The summed E-state index contributed by atoms with van der Waals surface area (Å²) in [6.45, 7) is 5.81. The van der Waals surface area contributed by atoms with Gasteiger partial charge in [0.25, 0.3) is 5.56 Å². The standard InChI is InChI=1S/C24H25N3O5/c1-4-26-16-9-7-6-8-15(16)24(23(26)30)18-17(32-20(25)19(24)22(29)31-5-2)12-13(3)27(21(18)28)14-10-11-14/h6-9,12,14H,4-5,10-11,25H2,1-3H3. The fourth-order valence-corrected chi connectivity index (χ4v) is 5.12. The number of carbonyl (C=O) groups excluding carboxylic acids is 2. The molecule has 1 fully saturated rings. The van der Waals surface area contributed by atoms with Gasteiger partial charge >= 0.3 is 5.97 Å². The second-order valence-corrected chi connectivity index (χ2v) is 8.31. The van der Waals surface area contributed by atoms with Gasteiger partial charge in [-0.05, 0) is 39.7 Å². The van der Waals surface area contributed by atoms with Crippen LogP contribution in [0.1, 0.15) is 49.6 Å². The van der Waals surface area contributed by atoms with E-state index in [1.54, 1.807) is 34.6 Å². The molecule has 2 aliphatic heterocycles. The van der Waals surface area contributed by atoms with Crippen LogP contribution in [0.5, 0.6) is 5.75 Å². The van der Waals surface area contributed by atoms with Gasteiger partial charge < -0.3 is 24.7 Å². The Morgan fingerprint density at radius 3 is 2.62 bits per heavy atom. The smallest absolute Gasteiger partial charge is 0.341 e. The number of amides is 1. The van der Waals surface area contributed by atoms with E-state index in [2.05, 4.69) is 0 Å². The van der Waals surface area contributed by atoms with Gasteiger partial charge in [0.05, 0.1) is 12.2 Å². The molecular weight excluding hydrogens is 410 g/mol. The van der Waals surface area contributed by atoms with E-state index >= 15 is 0 Å². The van der Waals surface area contributed by atoms with Crippen molar-refractivity contribution in [1.29, 1.82) is 0 Å². The van der Waals surface area contributed by atoms with Gasteiger partial charge in [0.15, 0.2) is 0 Å². The summed E-state index contributed by atoms with van der Waals surface area (Å²) in [6.07, 6.45) is 1.78. The lowest BCUT2D eigenvalue weighted by Gasteiger charge is -2.36. The van der Waals surface area contributed by atoms with Crippen molar-refractivity contribution >= 4 is 17.6 Å². The van der Waals surface area contributed by atoms with Gasteiger partial charge in [-0.25, -0.2) is 4.79 Å². The molecule has 3 aliphatic rings. The number of hydrogen-bond acceptors (Lipinski definition) is 6. The van der Waals surface area contributed by atoms with Crippen molar-refractivity contribution < 1.29 is 19.1 Å². The molecule has 1 aromatic heterocycles. The zero-order valence-corrected chi connectivity index (χ0v) is 18.3. The van der Waals surface area contributed by atoms with Crippen LogP contribution < -0.4 is 20.9 Å². The third-order valence-electron chi connectivity index (χ3n) is 6.49. The van der Waals surface area contributed by atoms with E-state index in [9.17, 15) is 14.4 Å². The normalized spacial score (nSPS) is 21.5. The van der Waals surface area contributed by atoms with Crippen molar-refractivity contribution in [3.63, 3.8) is 0 Å². The fraction of sp³-hybridized carbons (Fsp3) is 0.375. The predicted octanol–water partition coefficient (Wildman–Crippen LogP) is 2.27. The zero-order chi connectivity index (χ0) is 22.8. The van der Waals surface area contributed by atoms with E-state index in [0.717, 1.165) is 18.5 Å². The summed E-state index contributed by atoms with van der Waals surface area (Å²) in [7, 11) is 0. The highest BCUT2D eigenvalue weighted by Gasteiger charge is 2.62. The topological polar surface area (TPSA) is 104 Å². The summed E-state index contributed by atoms with van der Waals surface area (Å²) < 4.78 is 12.8. The van der Waals surface area contributed by atoms with Gasteiger partial charge in [-0.15, -0.1) is 0 Å². The molecule has 0 saturated heterocycles.